The first-order valence-corrected chi connectivity index (χ1v) is 5.32. The number of ether oxygens (including phenoxy) is 1. The van der Waals surface area contributed by atoms with Crippen molar-refractivity contribution in [3.63, 3.8) is 0 Å². The summed E-state index contributed by atoms with van der Waals surface area (Å²) in [5, 5.41) is 10.8. The van der Waals surface area contributed by atoms with Crippen molar-refractivity contribution in [2.75, 3.05) is 5.73 Å². The fraction of sp³-hybridized carbons (Fsp3) is 0. The Bertz CT molecular complexity index is 671. The van der Waals surface area contributed by atoms with E-state index >= 15 is 0 Å². The van der Waals surface area contributed by atoms with Crippen molar-refractivity contribution < 1.29 is 14.5 Å². The molecule has 0 aliphatic rings. The van der Waals surface area contributed by atoms with E-state index in [4.69, 9.17) is 16.2 Å². The number of nitrogens with zero attached hydrogens (tertiary/aromatic N) is 3. The van der Waals surface area contributed by atoms with Crippen molar-refractivity contribution in [1.29, 1.82) is 0 Å². The minimum Gasteiger partial charge on any atom is -0.434 e. The molecule has 0 saturated heterocycles. The van der Waals surface area contributed by atoms with Crippen LogP contribution in [0.5, 0.6) is 11.6 Å². The second-order valence-corrected chi connectivity index (χ2v) is 3.67. The topological polar surface area (TPSA) is 147 Å². The fourth-order valence-corrected chi connectivity index (χ4v) is 1.37. The Kier molecular flexibility index (Phi) is 3.42. The van der Waals surface area contributed by atoms with E-state index in [1.165, 1.54) is 24.3 Å². The summed E-state index contributed by atoms with van der Waals surface area (Å²) in [5.74, 6) is -0.779. The minimum atomic E-state index is -0.688. The number of amides is 1. The van der Waals surface area contributed by atoms with Crippen LogP contribution < -0.4 is 16.2 Å². The Labute approximate surface area is 112 Å². The molecule has 0 radical (unpaired) electrons. The molecular formula is C11H9N5O4. The molecular weight excluding hydrogens is 266 g/mol. The number of nitro groups is 1. The number of nitrogen functional groups attached to an aromatic ring is 1. The molecule has 4 N–H and O–H groups in total. The molecule has 102 valence electrons. The van der Waals surface area contributed by atoms with Crippen LogP contribution in [0.3, 0.4) is 0 Å². The Morgan fingerprint density at radius 2 is 1.95 bits per heavy atom. The highest BCUT2D eigenvalue weighted by molar-refractivity contribution is 5.92. The van der Waals surface area contributed by atoms with Gasteiger partial charge in [-0.25, -0.2) is 4.98 Å². The zero-order valence-electron chi connectivity index (χ0n) is 10.0. The van der Waals surface area contributed by atoms with E-state index in [1.807, 2.05) is 0 Å². The number of benzene rings is 1. The van der Waals surface area contributed by atoms with E-state index in [0.717, 1.165) is 6.20 Å². The molecule has 0 spiro atoms. The van der Waals surface area contributed by atoms with Gasteiger partial charge in [0.1, 0.15) is 11.9 Å². The summed E-state index contributed by atoms with van der Waals surface area (Å²) in [6.45, 7) is 0. The Morgan fingerprint density at radius 1 is 1.30 bits per heavy atom. The van der Waals surface area contributed by atoms with Gasteiger partial charge in [0.25, 0.3) is 0 Å². The number of hydrogen-bond acceptors (Lipinski definition) is 7. The lowest BCUT2D eigenvalue weighted by Gasteiger charge is -2.05. The van der Waals surface area contributed by atoms with Crippen LogP contribution in [0.15, 0.2) is 30.5 Å². The number of anilines is 1. The quantitative estimate of drug-likeness (QED) is 0.620. The molecule has 0 unspecified atom stereocenters. The Hall–Kier alpha value is -3.23. The van der Waals surface area contributed by atoms with Crippen LogP contribution >= 0.6 is 0 Å². The van der Waals surface area contributed by atoms with Crippen LogP contribution in [-0.4, -0.2) is 20.8 Å². The molecule has 2 rings (SSSR count). The molecule has 9 nitrogen and oxygen atoms in total. The third-order valence-corrected chi connectivity index (χ3v) is 2.30. The Balaban J connectivity index is 2.31. The van der Waals surface area contributed by atoms with Crippen LogP contribution in [0, 0.1) is 10.1 Å². The summed E-state index contributed by atoms with van der Waals surface area (Å²) in [6.07, 6.45) is 0.954. The highest BCUT2D eigenvalue weighted by atomic mass is 16.6. The summed E-state index contributed by atoms with van der Waals surface area (Å²) in [7, 11) is 0. The molecule has 1 amide bonds. The van der Waals surface area contributed by atoms with Gasteiger partial charge in [0.05, 0.1) is 4.92 Å². The van der Waals surface area contributed by atoms with E-state index in [1.54, 1.807) is 0 Å². The van der Waals surface area contributed by atoms with Crippen molar-refractivity contribution >= 4 is 17.5 Å². The highest BCUT2D eigenvalue weighted by Crippen LogP contribution is 2.28. The number of nitrogens with two attached hydrogens (primary N) is 2. The van der Waals surface area contributed by atoms with E-state index in [2.05, 4.69) is 9.97 Å². The van der Waals surface area contributed by atoms with Gasteiger partial charge in [-0.1, -0.05) is 0 Å². The third-order valence-electron chi connectivity index (χ3n) is 2.30. The van der Waals surface area contributed by atoms with Crippen molar-refractivity contribution in [2.24, 2.45) is 5.73 Å². The van der Waals surface area contributed by atoms with Gasteiger partial charge in [0, 0.05) is 5.56 Å². The van der Waals surface area contributed by atoms with E-state index in [-0.39, 0.29) is 23.1 Å². The van der Waals surface area contributed by atoms with Crippen LogP contribution in [0.4, 0.5) is 11.6 Å². The molecule has 0 atom stereocenters. The molecule has 1 aromatic heterocycles. The molecule has 2 aromatic rings. The predicted octanol–water partition coefficient (Wildman–Crippen LogP) is 0.858. The lowest BCUT2D eigenvalue weighted by molar-refractivity contribution is -0.386. The molecule has 0 bridgehead atoms. The largest absolute Gasteiger partial charge is 0.434 e. The molecule has 0 aliphatic carbocycles. The SMILES string of the molecule is NC(=O)c1ccc(Oc2nc(N)ncc2[N+](=O)[O-])cc1. The molecule has 0 fully saturated rings. The van der Waals surface area contributed by atoms with Crippen molar-refractivity contribution in [3.8, 4) is 11.6 Å². The zero-order chi connectivity index (χ0) is 14.7. The number of aromatic nitrogens is 2. The minimum absolute atomic E-state index is 0.153. The summed E-state index contributed by atoms with van der Waals surface area (Å²) < 4.78 is 5.26. The van der Waals surface area contributed by atoms with Gasteiger partial charge >= 0.3 is 11.6 Å². The van der Waals surface area contributed by atoms with Gasteiger partial charge in [-0.3, -0.25) is 14.9 Å². The van der Waals surface area contributed by atoms with Gasteiger partial charge in [0.2, 0.25) is 11.9 Å². The first-order chi connectivity index (χ1) is 9.47. The highest BCUT2D eigenvalue weighted by Gasteiger charge is 2.19. The lowest BCUT2D eigenvalue weighted by atomic mass is 10.2. The summed E-state index contributed by atoms with van der Waals surface area (Å²) in [5.41, 5.74) is 10.3. The van der Waals surface area contributed by atoms with E-state index in [0.29, 0.717) is 0 Å². The monoisotopic (exact) mass is 275 g/mol. The number of hydrogen-bond donors (Lipinski definition) is 2. The average Bonchev–Trinajstić information content (AvgIpc) is 2.39. The van der Waals surface area contributed by atoms with Crippen molar-refractivity contribution in [3.05, 3.63) is 46.1 Å². The van der Waals surface area contributed by atoms with E-state index in [9.17, 15) is 14.9 Å². The normalized spacial score (nSPS) is 10.0. The molecule has 1 aromatic carbocycles. The number of carbonyl (C=O) groups excluding carboxylic acids is 1. The third kappa shape index (κ3) is 2.77. The predicted molar refractivity (Wildman–Crippen MR) is 68.1 cm³/mol. The second-order valence-electron chi connectivity index (χ2n) is 3.67. The number of primary amides is 1. The maximum absolute atomic E-state index is 10.9. The lowest BCUT2D eigenvalue weighted by Crippen LogP contribution is -2.10. The number of rotatable bonds is 4. The average molecular weight is 275 g/mol. The van der Waals surface area contributed by atoms with Crippen LogP contribution in [-0.2, 0) is 0 Å². The maximum atomic E-state index is 10.9. The first-order valence-electron chi connectivity index (χ1n) is 5.32. The molecule has 0 saturated carbocycles. The van der Waals surface area contributed by atoms with Crippen molar-refractivity contribution in [2.45, 2.75) is 0 Å². The van der Waals surface area contributed by atoms with Gasteiger partial charge in [0.15, 0.2) is 0 Å². The van der Waals surface area contributed by atoms with Gasteiger partial charge in [-0.05, 0) is 24.3 Å². The van der Waals surface area contributed by atoms with Crippen LogP contribution in [0.1, 0.15) is 10.4 Å². The molecule has 0 aliphatic heterocycles. The fourth-order valence-electron chi connectivity index (χ4n) is 1.37. The molecule has 20 heavy (non-hydrogen) atoms. The maximum Gasteiger partial charge on any atom is 0.349 e. The summed E-state index contributed by atoms with van der Waals surface area (Å²) in [6, 6.07) is 5.71. The summed E-state index contributed by atoms with van der Waals surface area (Å²) in [4.78, 5) is 28.2. The van der Waals surface area contributed by atoms with Gasteiger partial charge < -0.3 is 16.2 Å². The van der Waals surface area contributed by atoms with Gasteiger partial charge in [-0.2, -0.15) is 4.98 Å². The molecule has 9 heteroatoms. The standard InChI is InChI=1S/C11H9N5O4/c12-9(17)6-1-3-7(4-2-6)20-10-8(16(18)19)5-14-11(13)15-10/h1-5H,(H2,12,17)(H2,13,14,15). The smallest absolute Gasteiger partial charge is 0.349 e. The molecule has 1 heterocycles. The summed E-state index contributed by atoms with van der Waals surface area (Å²) >= 11 is 0. The zero-order valence-corrected chi connectivity index (χ0v) is 10.0. The van der Waals surface area contributed by atoms with Crippen LogP contribution in [0.2, 0.25) is 0 Å². The van der Waals surface area contributed by atoms with Crippen molar-refractivity contribution in [1.82, 2.24) is 9.97 Å². The first kappa shape index (κ1) is 13.2. The second kappa shape index (κ2) is 5.18. The van der Waals surface area contributed by atoms with Gasteiger partial charge in [-0.15, -0.1) is 0 Å². The number of carbonyl (C=O) groups is 1. The van der Waals surface area contributed by atoms with Crippen LogP contribution in [0.25, 0.3) is 0 Å². The van der Waals surface area contributed by atoms with E-state index < -0.39 is 16.5 Å². The Morgan fingerprint density at radius 3 is 2.50 bits per heavy atom.